The fourth-order valence-corrected chi connectivity index (χ4v) is 5.43. The molecule has 0 atom stereocenters. The first-order valence-electron chi connectivity index (χ1n) is 10.5. The van der Waals surface area contributed by atoms with Gasteiger partial charge in [0.05, 0.1) is 34.9 Å². The summed E-state index contributed by atoms with van der Waals surface area (Å²) in [4.78, 5) is 29.6. The molecule has 1 N–H and O–H groups in total. The average Bonchev–Trinajstić information content (AvgIpc) is 3.46. The predicted molar refractivity (Wildman–Crippen MR) is 134 cm³/mol. The number of thioether (sulfide) groups is 2. The monoisotopic (exact) mass is 480 g/mol. The molecule has 33 heavy (non-hydrogen) atoms. The Morgan fingerprint density at radius 1 is 1.12 bits per heavy atom. The predicted octanol–water partition coefficient (Wildman–Crippen LogP) is 4.62. The Bertz CT molecular complexity index is 1190. The Morgan fingerprint density at radius 3 is 2.64 bits per heavy atom. The van der Waals surface area contributed by atoms with Crippen LogP contribution in [0.1, 0.15) is 27.3 Å². The van der Waals surface area contributed by atoms with Crippen molar-refractivity contribution in [1.82, 2.24) is 9.78 Å². The van der Waals surface area contributed by atoms with Crippen LogP contribution in [0.3, 0.4) is 0 Å². The van der Waals surface area contributed by atoms with Crippen LogP contribution in [-0.4, -0.2) is 44.9 Å². The normalized spacial score (nSPS) is 13.0. The molecule has 0 saturated heterocycles. The summed E-state index contributed by atoms with van der Waals surface area (Å²) < 4.78 is 8.14. The molecule has 1 aliphatic rings. The molecule has 1 aromatic heterocycles. The molecule has 0 saturated carbocycles. The van der Waals surface area contributed by atoms with E-state index in [1.807, 2.05) is 56.3 Å². The van der Waals surface area contributed by atoms with Crippen LogP contribution in [0.2, 0.25) is 0 Å². The molecule has 170 valence electrons. The van der Waals surface area contributed by atoms with Gasteiger partial charge in [-0.25, -0.2) is 9.48 Å². The number of aliphatic imine (C=N–C) groups is 1. The molecule has 0 unspecified atom stereocenters. The molecule has 3 aromatic rings. The van der Waals surface area contributed by atoms with E-state index in [-0.39, 0.29) is 6.61 Å². The molecular formula is C24H24N4O3S2. The number of nitrogens with zero attached hydrogens (tertiary/aromatic N) is 3. The summed E-state index contributed by atoms with van der Waals surface area (Å²) in [5.74, 6) is 0.701. The van der Waals surface area contributed by atoms with Crippen molar-refractivity contribution in [3.05, 3.63) is 77.1 Å². The third kappa shape index (κ3) is 5.66. The van der Waals surface area contributed by atoms with E-state index < -0.39 is 11.9 Å². The number of amides is 1. The molecule has 0 aliphatic carbocycles. The maximum absolute atomic E-state index is 12.7. The van der Waals surface area contributed by atoms with Crippen LogP contribution >= 0.6 is 23.5 Å². The number of aromatic nitrogens is 2. The molecule has 9 heteroatoms. The molecule has 2 aromatic carbocycles. The van der Waals surface area contributed by atoms with Crippen molar-refractivity contribution < 1.29 is 14.3 Å². The summed E-state index contributed by atoms with van der Waals surface area (Å²) in [6, 6.07) is 17.0. The number of aryl methyl sites for hydroxylation is 1. The van der Waals surface area contributed by atoms with E-state index >= 15 is 0 Å². The highest BCUT2D eigenvalue weighted by atomic mass is 32.2. The Hall–Kier alpha value is -3.04. The summed E-state index contributed by atoms with van der Waals surface area (Å²) in [6.07, 6.45) is 0. The van der Waals surface area contributed by atoms with E-state index in [1.165, 1.54) is 0 Å². The maximum Gasteiger partial charge on any atom is 0.338 e. The summed E-state index contributed by atoms with van der Waals surface area (Å²) >= 11 is 3.35. The van der Waals surface area contributed by atoms with Gasteiger partial charge in [-0.3, -0.25) is 9.79 Å². The van der Waals surface area contributed by atoms with Gasteiger partial charge in [0, 0.05) is 11.5 Å². The standard InChI is InChI=1S/C24H24N4O3S2/c1-16-22(17(2)28(27-16)19-9-4-3-5-10-19)26-21(29)14-31-23(30)20-11-7-6-8-18(20)15-33-24-25-12-13-32-24/h3-11H,12-15H2,1-2H3,(H,26,29). The first kappa shape index (κ1) is 23.1. The quantitative estimate of drug-likeness (QED) is 0.497. The molecular weight excluding hydrogens is 456 g/mol. The minimum atomic E-state index is -0.518. The number of anilines is 1. The third-order valence-corrected chi connectivity index (χ3v) is 7.34. The van der Waals surface area contributed by atoms with Gasteiger partial charge in [0.2, 0.25) is 0 Å². The van der Waals surface area contributed by atoms with Crippen LogP contribution < -0.4 is 5.32 Å². The van der Waals surface area contributed by atoms with E-state index in [9.17, 15) is 9.59 Å². The second kappa shape index (κ2) is 10.7. The van der Waals surface area contributed by atoms with Crippen molar-refractivity contribution in [2.75, 3.05) is 24.2 Å². The van der Waals surface area contributed by atoms with E-state index in [1.54, 1.807) is 40.3 Å². The lowest BCUT2D eigenvalue weighted by molar-refractivity contribution is -0.119. The van der Waals surface area contributed by atoms with Crippen LogP contribution in [0.4, 0.5) is 5.69 Å². The van der Waals surface area contributed by atoms with Gasteiger partial charge in [0.1, 0.15) is 4.38 Å². The highest BCUT2D eigenvalue weighted by molar-refractivity contribution is 8.38. The zero-order valence-corrected chi connectivity index (χ0v) is 20.0. The molecule has 7 nitrogen and oxygen atoms in total. The SMILES string of the molecule is Cc1nn(-c2ccccc2)c(C)c1NC(=O)COC(=O)c1ccccc1CSC1=NCCS1. The number of rotatable bonds is 7. The molecule has 2 heterocycles. The van der Waals surface area contributed by atoms with Crippen molar-refractivity contribution >= 4 is 45.5 Å². The van der Waals surface area contributed by atoms with Gasteiger partial charge in [-0.2, -0.15) is 5.10 Å². The first-order chi connectivity index (χ1) is 16.0. The molecule has 0 radical (unpaired) electrons. The van der Waals surface area contributed by atoms with Crippen molar-refractivity contribution in [1.29, 1.82) is 0 Å². The molecule has 1 amide bonds. The molecule has 4 rings (SSSR count). The van der Waals surface area contributed by atoms with Crippen LogP contribution in [0, 0.1) is 13.8 Å². The Morgan fingerprint density at radius 2 is 1.88 bits per heavy atom. The number of esters is 1. The lowest BCUT2D eigenvalue weighted by Crippen LogP contribution is -2.22. The van der Waals surface area contributed by atoms with Gasteiger partial charge < -0.3 is 10.1 Å². The average molecular weight is 481 g/mol. The summed E-state index contributed by atoms with van der Waals surface area (Å²) in [6.45, 7) is 4.18. The number of para-hydroxylation sites is 1. The van der Waals surface area contributed by atoms with Gasteiger partial charge >= 0.3 is 5.97 Å². The highest BCUT2D eigenvalue weighted by Crippen LogP contribution is 2.27. The zero-order valence-electron chi connectivity index (χ0n) is 18.4. The maximum atomic E-state index is 12.7. The minimum Gasteiger partial charge on any atom is -0.452 e. The van der Waals surface area contributed by atoms with E-state index in [4.69, 9.17) is 4.74 Å². The first-order valence-corrected chi connectivity index (χ1v) is 12.5. The molecule has 1 aliphatic heterocycles. The third-order valence-electron chi connectivity index (χ3n) is 5.04. The number of hydrogen-bond acceptors (Lipinski definition) is 7. The summed E-state index contributed by atoms with van der Waals surface area (Å²) in [7, 11) is 0. The Balaban J connectivity index is 1.37. The van der Waals surface area contributed by atoms with Gasteiger partial charge in [0.25, 0.3) is 5.91 Å². The fourth-order valence-electron chi connectivity index (χ4n) is 3.42. The fraction of sp³-hybridized carbons (Fsp3) is 0.250. The summed E-state index contributed by atoms with van der Waals surface area (Å²) in [5.41, 5.74) is 4.33. The Kier molecular flexibility index (Phi) is 7.51. The van der Waals surface area contributed by atoms with Gasteiger partial charge in [0.15, 0.2) is 6.61 Å². The number of hydrogen-bond donors (Lipinski definition) is 1. The number of nitrogens with one attached hydrogen (secondary N) is 1. The van der Waals surface area contributed by atoms with Gasteiger partial charge in [-0.05, 0) is 37.6 Å². The van der Waals surface area contributed by atoms with Crippen LogP contribution in [0.25, 0.3) is 5.69 Å². The van der Waals surface area contributed by atoms with E-state index in [2.05, 4.69) is 15.4 Å². The molecule has 0 spiro atoms. The number of carbonyl (C=O) groups is 2. The molecule has 0 fully saturated rings. The van der Waals surface area contributed by atoms with Crippen molar-refractivity contribution in [3.8, 4) is 5.69 Å². The smallest absolute Gasteiger partial charge is 0.338 e. The number of benzene rings is 2. The summed E-state index contributed by atoms with van der Waals surface area (Å²) in [5, 5.41) is 7.35. The van der Waals surface area contributed by atoms with E-state index in [0.717, 1.165) is 33.6 Å². The lowest BCUT2D eigenvalue weighted by atomic mass is 10.1. The van der Waals surface area contributed by atoms with Crippen molar-refractivity contribution in [3.63, 3.8) is 0 Å². The number of carbonyl (C=O) groups excluding carboxylic acids is 2. The van der Waals surface area contributed by atoms with Crippen LogP contribution in [-0.2, 0) is 15.3 Å². The Labute approximate surface area is 201 Å². The second-order valence-corrected chi connectivity index (χ2v) is 9.67. The highest BCUT2D eigenvalue weighted by Gasteiger charge is 2.18. The van der Waals surface area contributed by atoms with Crippen molar-refractivity contribution in [2.45, 2.75) is 19.6 Å². The molecule has 0 bridgehead atoms. The lowest BCUT2D eigenvalue weighted by Gasteiger charge is -2.10. The topological polar surface area (TPSA) is 85.6 Å². The van der Waals surface area contributed by atoms with Crippen molar-refractivity contribution in [2.24, 2.45) is 4.99 Å². The van der Waals surface area contributed by atoms with Gasteiger partial charge in [-0.1, -0.05) is 59.9 Å². The largest absolute Gasteiger partial charge is 0.452 e. The van der Waals surface area contributed by atoms with Crippen LogP contribution in [0.15, 0.2) is 59.6 Å². The number of ether oxygens (including phenoxy) is 1. The second-order valence-electron chi connectivity index (χ2n) is 7.36. The van der Waals surface area contributed by atoms with E-state index in [0.29, 0.717) is 22.7 Å². The minimum absolute atomic E-state index is 0.377. The zero-order chi connectivity index (χ0) is 23.2. The van der Waals surface area contributed by atoms with Gasteiger partial charge in [-0.15, -0.1) is 0 Å². The van der Waals surface area contributed by atoms with Crippen LogP contribution in [0.5, 0.6) is 0 Å².